The Kier molecular flexibility index (Phi) is 5.87. The molecule has 0 unspecified atom stereocenters. The summed E-state index contributed by atoms with van der Waals surface area (Å²) in [6.07, 6.45) is 7.45. The number of pyridine rings is 1. The molecule has 1 amide bonds. The number of hydrogen-bond acceptors (Lipinski definition) is 6. The maximum absolute atomic E-state index is 13.6. The molecule has 8 nitrogen and oxygen atoms in total. The Hall–Kier alpha value is -3.26. The molecule has 2 saturated carbocycles. The first-order valence-corrected chi connectivity index (χ1v) is 13.9. The number of nitrogens with one attached hydrogen (secondary N) is 3. The topological polar surface area (TPSA) is 96.8 Å². The molecule has 3 N–H and O–H groups in total. The minimum atomic E-state index is -0.182. The Labute approximate surface area is 225 Å². The molecule has 0 radical (unpaired) electrons. The summed E-state index contributed by atoms with van der Waals surface area (Å²) in [5, 5.41) is 19.0. The molecule has 3 aliphatic rings. The lowest BCUT2D eigenvalue weighted by molar-refractivity contribution is 0.102. The second kappa shape index (κ2) is 8.90. The second-order valence-electron chi connectivity index (χ2n) is 12.8. The monoisotopic (exact) mass is 513 g/mol. The van der Waals surface area contributed by atoms with Crippen LogP contribution in [0.3, 0.4) is 0 Å². The quantitative estimate of drug-likeness (QED) is 0.415. The van der Waals surface area contributed by atoms with Crippen molar-refractivity contribution in [2.24, 2.45) is 13.0 Å². The highest BCUT2D eigenvalue weighted by atomic mass is 16.1. The van der Waals surface area contributed by atoms with E-state index >= 15 is 0 Å². The van der Waals surface area contributed by atoms with Gasteiger partial charge in [-0.3, -0.25) is 4.79 Å². The summed E-state index contributed by atoms with van der Waals surface area (Å²) in [6, 6.07) is 10.2. The molecule has 3 aromatic rings. The highest BCUT2D eigenvalue weighted by Gasteiger charge is 2.48. The molecule has 1 aromatic carbocycles. The van der Waals surface area contributed by atoms with Crippen molar-refractivity contribution in [2.75, 3.05) is 17.2 Å². The van der Waals surface area contributed by atoms with Crippen LogP contribution in [0.5, 0.6) is 0 Å². The van der Waals surface area contributed by atoms with Gasteiger partial charge in [0.25, 0.3) is 5.91 Å². The smallest absolute Gasteiger partial charge is 0.274 e. The number of carbonyl (C=O) groups excluding carboxylic acids is 1. The molecule has 6 rings (SSSR count). The van der Waals surface area contributed by atoms with E-state index in [0.29, 0.717) is 11.6 Å². The van der Waals surface area contributed by atoms with E-state index < -0.39 is 0 Å². The van der Waals surface area contributed by atoms with Gasteiger partial charge in [-0.2, -0.15) is 0 Å². The van der Waals surface area contributed by atoms with Crippen LogP contribution >= 0.6 is 0 Å². The number of fused-ring (bicyclic) bond motifs is 1. The maximum atomic E-state index is 13.6. The molecule has 0 atom stereocenters. The molecule has 0 spiro atoms. The number of aromatic nitrogens is 4. The van der Waals surface area contributed by atoms with E-state index in [1.807, 2.05) is 29.8 Å². The van der Waals surface area contributed by atoms with Crippen molar-refractivity contribution in [3.63, 3.8) is 0 Å². The van der Waals surface area contributed by atoms with Crippen LogP contribution in [-0.4, -0.2) is 37.7 Å². The largest absolute Gasteiger partial charge is 0.382 e. The Bertz CT molecular complexity index is 1380. The highest BCUT2D eigenvalue weighted by Crippen LogP contribution is 2.51. The van der Waals surface area contributed by atoms with Crippen LogP contribution in [0, 0.1) is 5.92 Å². The number of amides is 1. The molecule has 38 heavy (non-hydrogen) atoms. The average molecular weight is 514 g/mol. The molecule has 3 heterocycles. The number of nitrogens with zero attached hydrogens (tertiary/aromatic N) is 4. The molecular weight excluding hydrogens is 474 g/mol. The molecule has 2 aromatic heterocycles. The third kappa shape index (κ3) is 4.19. The predicted octanol–water partition coefficient (Wildman–Crippen LogP) is 4.91. The number of rotatable bonds is 7. The molecule has 0 saturated heterocycles. The van der Waals surface area contributed by atoms with Crippen LogP contribution in [0.25, 0.3) is 0 Å². The van der Waals surface area contributed by atoms with Gasteiger partial charge in [-0.05, 0) is 74.3 Å². The zero-order valence-corrected chi connectivity index (χ0v) is 23.2. The highest BCUT2D eigenvalue weighted by molar-refractivity contribution is 6.03. The normalized spacial score (nSPS) is 24.6. The van der Waals surface area contributed by atoms with E-state index in [0.717, 1.165) is 60.0 Å². The Morgan fingerprint density at radius 1 is 1.18 bits per heavy atom. The van der Waals surface area contributed by atoms with Crippen LogP contribution in [-0.2, 0) is 24.4 Å². The SMILES string of the molecule is CC1CC(c2cccc(NC(=O)c3cc(CNC4(C)CCC4)c4c(n3)C(C)(C)CN4)c2)(c2nncn2C)C1. The van der Waals surface area contributed by atoms with Crippen LogP contribution in [0.15, 0.2) is 36.7 Å². The zero-order chi connectivity index (χ0) is 26.7. The van der Waals surface area contributed by atoms with Crippen LogP contribution in [0.4, 0.5) is 11.4 Å². The molecule has 2 fully saturated rings. The summed E-state index contributed by atoms with van der Waals surface area (Å²) in [7, 11) is 2.00. The summed E-state index contributed by atoms with van der Waals surface area (Å²) in [6.45, 7) is 10.5. The first-order chi connectivity index (χ1) is 18.1. The summed E-state index contributed by atoms with van der Waals surface area (Å²) >= 11 is 0. The number of carbonyl (C=O) groups is 1. The van der Waals surface area contributed by atoms with E-state index in [9.17, 15) is 4.79 Å². The molecule has 8 heteroatoms. The Balaban J connectivity index is 1.28. The van der Waals surface area contributed by atoms with Crippen molar-refractivity contribution >= 4 is 17.3 Å². The van der Waals surface area contributed by atoms with Gasteiger partial charge in [0.2, 0.25) is 0 Å². The Morgan fingerprint density at radius 3 is 2.63 bits per heavy atom. The van der Waals surface area contributed by atoms with Gasteiger partial charge >= 0.3 is 0 Å². The summed E-state index contributed by atoms with van der Waals surface area (Å²) in [5.41, 5.74) is 5.43. The van der Waals surface area contributed by atoms with Crippen molar-refractivity contribution in [3.05, 3.63) is 65.0 Å². The van der Waals surface area contributed by atoms with Crippen molar-refractivity contribution in [3.8, 4) is 0 Å². The summed E-state index contributed by atoms with van der Waals surface area (Å²) in [4.78, 5) is 18.5. The lowest BCUT2D eigenvalue weighted by Gasteiger charge is -2.46. The van der Waals surface area contributed by atoms with E-state index in [2.05, 4.69) is 66.0 Å². The molecule has 2 aliphatic carbocycles. The number of hydrogen-bond donors (Lipinski definition) is 3. The lowest BCUT2D eigenvalue weighted by atomic mass is 9.58. The average Bonchev–Trinajstić information content (AvgIpc) is 3.41. The minimum Gasteiger partial charge on any atom is -0.382 e. The van der Waals surface area contributed by atoms with Crippen molar-refractivity contribution in [2.45, 2.75) is 82.7 Å². The number of anilines is 2. The fraction of sp³-hybridized carbons (Fsp3) is 0.533. The molecule has 1 aliphatic heterocycles. The zero-order valence-electron chi connectivity index (χ0n) is 23.2. The van der Waals surface area contributed by atoms with Gasteiger partial charge < -0.3 is 20.5 Å². The summed E-state index contributed by atoms with van der Waals surface area (Å²) in [5.74, 6) is 1.41. The molecule has 200 valence electrons. The fourth-order valence-corrected chi connectivity index (χ4v) is 6.61. The lowest BCUT2D eigenvalue weighted by Crippen LogP contribution is -2.47. The third-order valence-electron chi connectivity index (χ3n) is 9.05. The van der Waals surface area contributed by atoms with Crippen molar-refractivity contribution in [1.29, 1.82) is 0 Å². The van der Waals surface area contributed by atoms with Gasteiger partial charge in [0, 0.05) is 36.8 Å². The minimum absolute atomic E-state index is 0.135. The van der Waals surface area contributed by atoms with Crippen LogP contribution in [0.1, 0.15) is 92.9 Å². The predicted molar refractivity (Wildman–Crippen MR) is 149 cm³/mol. The first-order valence-electron chi connectivity index (χ1n) is 13.9. The van der Waals surface area contributed by atoms with Gasteiger partial charge in [0.05, 0.1) is 16.8 Å². The third-order valence-corrected chi connectivity index (χ3v) is 9.05. The first kappa shape index (κ1) is 25.0. The summed E-state index contributed by atoms with van der Waals surface area (Å²) < 4.78 is 2.01. The van der Waals surface area contributed by atoms with Gasteiger partial charge in [-0.25, -0.2) is 4.98 Å². The van der Waals surface area contributed by atoms with Crippen LogP contribution in [0.2, 0.25) is 0 Å². The van der Waals surface area contributed by atoms with Crippen molar-refractivity contribution < 1.29 is 4.79 Å². The fourth-order valence-electron chi connectivity index (χ4n) is 6.61. The standard InChI is InChI=1S/C30H39N7O/c1-19-14-30(15-19,27-36-33-18-37(27)5)21-8-6-9-22(13-21)34-26(38)23-12-20(16-32-29(4)10-7-11-29)24-25(35-23)28(2,3)17-31-24/h6,8-9,12-13,18-19,31-32H,7,10-11,14-17H2,1-5H3,(H,34,38). The number of aryl methyl sites for hydroxylation is 1. The van der Waals surface area contributed by atoms with Gasteiger partial charge in [-0.15, -0.1) is 10.2 Å². The van der Waals surface area contributed by atoms with Gasteiger partial charge in [-0.1, -0.05) is 32.9 Å². The number of benzene rings is 1. The maximum Gasteiger partial charge on any atom is 0.274 e. The van der Waals surface area contributed by atoms with E-state index in [1.54, 1.807) is 6.33 Å². The van der Waals surface area contributed by atoms with Crippen molar-refractivity contribution in [1.82, 2.24) is 25.1 Å². The van der Waals surface area contributed by atoms with E-state index in [1.165, 1.54) is 19.3 Å². The van der Waals surface area contributed by atoms with Gasteiger partial charge in [0.1, 0.15) is 17.8 Å². The molecule has 0 bridgehead atoms. The second-order valence-corrected chi connectivity index (χ2v) is 12.8. The van der Waals surface area contributed by atoms with Crippen LogP contribution < -0.4 is 16.0 Å². The molecular formula is C30H39N7O. The van der Waals surface area contributed by atoms with E-state index in [-0.39, 0.29) is 22.3 Å². The Morgan fingerprint density at radius 2 is 1.97 bits per heavy atom. The van der Waals surface area contributed by atoms with E-state index in [4.69, 9.17) is 4.98 Å². The van der Waals surface area contributed by atoms with Gasteiger partial charge in [0.15, 0.2) is 0 Å².